The Hall–Kier alpha value is -0.840. The number of aryl methyl sites for hydroxylation is 1. The van der Waals surface area contributed by atoms with E-state index in [-0.39, 0.29) is 6.10 Å². The highest BCUT2D eigenvalue weighted by molar-refractivity contribution is 5.07. The van der Waals surface area contributed by atoms with Gasteiger partial charge < -0.3 is 9.52 Å². The first-order valence-corrected chi connectivity index (χ1v) is 7.30. The molecular weight excluding hydrogens is 240 g/mol. The molecule has 1 aromatic rings. The highest BCUT2D eigenvalue weighted by Crippen LogP contribution is 2.16. The van der Waals surface area contributed by atoms with Gasteiger partial charge in [-0.15, -0.1) is 0 Å². The second-order valence-corrected chi connectivity index (χ2v) is 5.65. The van der Waals surface area contributed by atoms with Crippen LogP contribution < -0.4 is 0 Å². The quantitative estimate of drug-likeness (QED) is 0.881. The van der Waals surface area contributed by atoms with E-state index in [4.69, 9.17) is 4.42 Å². The number of hydrogen-bond acceptors (Lipinski definition) is 4. The highest BCUT2D eigenvalue weighted by Gasteiger charge is 2.24. The van der Waals surface area contributed by atoms with E-state index >= 15 is 0 Å². The van der Waals surface area contributed by atoms with Crippen LogP contribution >= 0.6 is 0 Å². The Morgan fingerprint density at radius 1 is 1.37 bits per heavy atom. The first kappa shape index (κ1) is 14.6. The van der Waals surface area contributed by atoms with Gasteiger partial charge in [0, 0.05) is 38.6 Å². The van der Waals surface area contributed by atoms with Crippen molar-refractivity contribution in [1.82, 2.24) is 9.80 Å². The van der Waals surface area contributed by atoms with Crippen LogP contribution in [0.4, 0.5) is 0 Å². The van der Waals surface area contributed by atoms with E-state index in [0.29, 0.717) is 6.04 Å². The molecule has 0 amide bonds. The Morgan fingerprint density at radius 2 is 2.11 bits per heavy atom. The maximum Gasteiger partial charge on any atom is 0.118 e. The number of rotatable bonds is 5. The fourth-order valence-corrected chi connectivity index (χ4v) is 2.74. The molecule has 0 bridgehead atoms. The largest absolute Gasteiger partial charge is 0.465 e. The van der Waals surface area contributed by atoms with Gasteiger partial charge >= 0.3 is 0 Å². The molecule has 1 N–H and O–H groups in total. The van der Waals surface area contributed by atoms with Gasteiger partial charge in [0.15, 0.2) is 0 Å². The van der Waals surface area contributed by atoms with Gasteiger partial charge in [-0.2, -0.15) is 0 Å². The molecule has 1 saturated heterocycles. The van der Waals surface area contributed by atoms with Crippen molar-refractivity contribution < 1.29 is 9.52 Å². The van der Waals surface area contributed by atoms with E-state index in [0.717, 1.165) is 50.7 Å². The summed E-state index contributed by atoms with van der Waals surface area (Å²) < 4.78 is 5.78. The number of furan rings is 1. The number of piperazine rings is 1. The predicted molar refractivity (Wildman–Crippen MR) is 76.1 cm³/mol. The van der Waals surface area contributed by atoms with Gasteiger partial charge in [-0.3, -0.25) is 9.80 Å². The number of aliphatic hydroxyl groups excluding tert-OH is 1. The molecule has 0 saturated carbocycles. The van der Waals surface area contributed by atoms with Crippen molar-refractivity contribution in [3.63, 3.8) is 0 Å². The summed E-state index contributed by atoms with van der Waals surface area (Å²) in [6, 6.07) is 4.67. The Labute approximate surface area is 116 Å². The summed E-state index contributed by atoms with van der Waals surface area (Å²) in [5, 5.41) is 9.45. The first-order valence-electron chi connectivity index (χ1n) is 7.30. The van der Waals surface area contributed by atoms with Crippen molar-refractivity contribution in [3.8, 4) is 0 Å². The summed E-state index contributed by atoms with van der Waals surface area (Å²) in [4.78, 5) is 4.79. The van der Waals surface area contributed by atoms with E-state index in [9.17, 15) is 5.11 Å². The third kappa shape index (κ3) is 4.06. The zero-order valence-electron chi connectivity index (χ0n) is 12.3. The minimum Gasteiger partial charge on any atom is -0.465 e. The number of hydrogen-bond donors (Lipinski definition) is 1. The van der Waals surface area contributed by atoms with Crippen LogP contribution in [-0.4, -0.2) is 53.2 Å². The molecule has 1 aliphatic rings. The van der Waals surface area contributed by atoms with Crippen molar-refractivity contribution in [1.29, 1.82) is 0 Å². The molecule has 1 aromatic heterocycles. The molecular formula is C15H26N2O2. The van der Waals surface area contributed by atoms with Crippen LogP contribution in [0.2, 0.25) is 0 Å². The molecule has 19 heavy (non-hydrogen) atoms. The average molecular weight is 266 g/mol. The molecule has 0 aliphatic carbocycles. The average Bonchev–Trinajstić information content (AvgIpc) is 2.80. The summed E-state index contributed by atoms with van der Waals surface area (Å²) >= 11 is 0. The summed E-state index contributed by atoms with van der Waals surface area (Å²) in [5.74, 6) is 2.13. The van der Waals surface area contributed by atoms with Crippen LogP contribution in [0.15, 0.2) is 16.5 Å². The van der Waals surface area contributed by atoms with Gasteiger partial charge in [0.25, 0.3) is 0 Å². The van der Waals surface area contributed by atoms with Crippen molar-refractivity contribution in [2.45, 2.75) is 45.9 Å². The van der Waals surface area contributed by atoms with Gasteiger partial charge in [-0.25, -0.2) is 0 Å². The zero-order chi connectivity index (χ0) is 13.8. The van der Waals surface area contributed by atoms with E-state index in [1.54, 1.807) is 0 Å². The highest BCUT2D eigenvalue weighted by atomic mass is 16.3. The van der Waals surface area contributed by atoms with Crippen molar-refractivity contribution >= 4 is 0 Å². The molecule has 0 radical (unpaired) electrons. The maximum absolute atomic E-state index is 9.45. The van der Waals surface area contributed by atoms with E-state index in [1.807, 2.05) is 6.92 Å². The molecule has 4 nitrogen and oxygen atoms in total. The van der Waals surface area contributed by atoms with Crippen molar-refractivity contribution in [2.24, 2.45) is 0 Å². The minimum absolute atomic E-state index is 0.240. The lowest BCUT2D eigenvalue weighted by Crippen LogP contribution is -2.52. The second kappa shape index (κ2) is 6.55. The lowest BCUT2D eigenvalue weighted by molar-refractivity contribution is 0.0438. The topological polar surface area (TPSA) is 39.9 Å². The Morgan fingerprint density at radius 3 is 2.68 bits per heavy atom. The first-order chi connectivity index (χ1) is 9.08. The van der Waals surface area contributed by atoms with Crippen LogP contribution in [-0.2, 0) is 13.0 Å². The summed E-state index contributed by atoms with van der Waals surface area (Å²) in [6.07, 6.45) is 0.716. The predicted octanol–water partition coefficient (Wildman–Crippen LogP) is 1.73. The van der Waals surface area contributed by atoms with E-state index < -0.39 is 0 Å². The van der Waals surface area contributed by atoms with Gasteiger partial charge in [0.1, 0.15) is 11.5 Å². The Bertz CT molecular complexity index is 389. The third-order valence-electron chi connectivity index (χ3n) is 3.80. The fraction of sp³-hybridized carbons (Fsp3) is 0.733. The summed E-state index contributed by atoms with van der Waals surface area (Å²) in [5.41, 5.74) is 0. The van der Waals surface area contributed by atoms with Crippen LogP contribution in [0, 0.1) is 0 Å². The Kier molecular flexibility index (Phi) is 5.02. The zero-order valence-corrected chi connectivity index (χ0v) is 12.3. The van der Waals surface area contributed by atoms with Crippen LogP contribution in [0.5, 0.6) is 0 Å². The number of nitrogens with zero attached hydrogens (tertiary/aromatic N) is 2. The molecule has 108 valence electrons. The fourth-order valence-electron chi connectivity index (χ4n) is 2.74. The maximum atomic E-state index is 9.45. The standard InChI is InChI=1S/C15H26N2O2/c1-4-14-5-6-15(19-14)11-17-8-7-16(9-12(17)2)10-13(3)18/h5-6,12-13,18H,4,7-11H2,1-3H3/t12-,13-/m1/s1. The SMILES string of the molecule is CCc1ccc(CN2CCN(C[C@@H](C)O)C[C@H]2C)o1. The molecule has 2 atom stereocenters. The van der Waals surface area contributed by atoms with Crippen LogP contribution in [0.1, 0.15) is 32.3 Å². The van der Waals surface area contributed by atoms with Crippen LogP contribution in [0.25, 0.3) is 0 Å². The lowest BCUT2D eigenvalue weighted by Gasteiger charge is -2.39. The lowest BCUT2D eigenvalue weighted by atomic mass is 10.1. The minimum atomic E-state index is -0.240. The summed E-state index contributed by atoms with van der Waals surface area (Å²) in [7, 11) is 0. The Balaban J connectivity index is 1.85. The van der Waals surface area contributed by atoms with Gasteiger partial charge in [0.2, 0.25) is 0 Å². The van der Waals surface area contributed by atoms with E-state index in [1.165, 1.54) is 0 Å². The van der Waals surface area contributed by atoms with Crippen molar-refractivity contribution in [3.05, 3.63) is 23.7 Å². The number of aliphatic hydroxyl groups is 1. The van der Waals surface area contributed by atoms with Gasteiger partial charge in [-0.1, -0.05) is 6.92 Å². The molecule has 2 heterocycles. The van der Waals surface area contributed by atoms with Crippen LogP contribution in [0.3, 0.4) is 0 Å². The second-order valence-electron chi connectivity index (χ2n) is 5.65. The molecule has 0 aromatic carbocycles. The monoisotopic (exact) mass is 266 g/mol. The summed E-state index contributed by atoms with van der Waals surface area (Å²) in [6.45, 7) is 11.0. The molecule has 1 aliphatic heterocycles. The van der Waals surface area contributed by atoms with Gasteiger partial charge in [0.05, 0.1) is 12.6 Å². The molecule has 0 unspecified atom stereocenters. The van der Waals surface area contributed by atoms with Gasteiger partial charge in [-0.05, 0) is 26.0 Å². The van der Waals surface area contributed by atoms with Crippen molar-refractivity contribution in [2.75, 3.05) is 26.2 Å². The smallest absolute Gasteiger partial charge is 0.118 e. The molecule has 2 rings (SSSR count). The van der Waals surface area contributed by atoms with E-state index in [2.05, 4.69) is 35.8 Å². The molecule has 1 fully saturated rings. The normalized spacial score (nSPS) is 23.7. The molecule has 0 spiro atoms. The number of β-amino-alcohol motifs (C(OH)–C–C–N with tert-alkyl or cyclic N) is 1. The third-order valence-corrected chi connectivity index (χ3v) is 3.80. The molecule has 4 heteroatoms.